The molecule has 0 N–H and O–H groups in total. The number of rotatable bonds is 4. The van der Waals surface area contributed by atoms with Crippen LogP contribution in [-0.2, 0) is 17.7 Å². The third kappa shape index (κ3) is 3.83. The number of carbonyl (C=O) groups is 1. The molecule has 2 aliphatic heterocycles. The molecule has 1 fully saturated rings. The minimum Gasteiger partial charge on any atom is -0.462 e. The zero-order chi connectivity index (χ0) is 18.8. The predicted octanol–water partition coefficient (Wildman–Crippen LogP) is 3.24. The van der Waals surface area contributed by atoms with Crippen molar-refractivity contribution in [3.63, 3.8) is 0 Å². The van der Waals surface area contributed by atoms with Crippen LogP contribution in [-0.4, -0.2) is 48.6 Å². The summed E-state index contributed by atoms with van der Waals surface area (Å²) in [5.74, 6) is 0.937. The van der Waals surface area contributed by atoms with Crippen LogP contribution in [0.1, 0.15) is 46.9 Å². The third-order valence-corrected chi connectivity index (χ3v) is 5.42. The first-order valence-corrected chi connectivity index (χ1v) is 9.84. The second kappa shape index (κ2) is 7.69. The molecule has 5 nitrogen and oxygen atoms in total. The smallest absolute Gasteiger partial charge is 0.342 e. The quantitative estimate of drug-likeness (QED) is 0.779. The summed E-state index contributed by atoms with van der Waals surface area (Å²) in [6.07, 6.45) is 0.782. The number of fused-ring (bicyclic) bond motifs is 1. The first-order valence-electron chi connectivity index (χ1n) is 9.84. The molecule has 4 rings (SSSR count). The Morgan fingerprint density at radius 1 is 1.11 bits per heavy atom. The monoisotopic (exact) mass is 365 g/mol. The van der Waals surface area contributed by atoms with Crippen LogP contribution in [0, 0.1) is 0 Å². The van der Waals surface area contributed by atoms with E-state index in [-0.39, 0.29) is 5.97 Å². The van der Waals surface area contributed by atoms with Crippen LogP contribution >= 0.6 is 0 Å². The van der Waals surface area contributed by atoms with E-state index in [1.54, 1.807) is 0 Å². The molecule has 27 heavy (non-hydrogen) atoms. The normalized spacial score (nSPS) is 17.7. The summed E-state index contributed by atoms with van der Waals surface area (Å²) < 4.78 is 5.32. The van der Waals surface area contributed by atoms with Gasteiger partial charge in [-0.05, 0) is 23.1 Å². The Balaban J connectivity index is 1.54. The molecular weight excluding hydrogens is 338 g/mol. The number of pyridine rings is 1. The van der Waals surface area contributed by atoms with Crippen LogP contribution in [0.2, 0.25) is 0 Å². The number of aromatic nitrogens is 1. The Bertz CT molecular complexity index is 812. The van der Waals surface area contributed by atoms with Gasteiger partial charge in [0, 0.05) is 44.8 Å². The summed E-state index contributed by atoms with van der Waals surface area (Å²) in [6, 6.07) is 12.7. The molecule has 1 aromatic carbocycles. The summed E-state index contributed by atoms with van der Waals surface area (Å²) in [6.45, 7) is 9.42. The maximum absolute atomic E-state index is 12.4. The van der Waals surface area contributed by atoms with Crippen molar-refractivity contribution in [2.24, 2.45) is 0 Å². The minimum atomic E-state index is -0.222. The third-order valence-electron chi connectivity index (χ3n) is 5.42. The van der Waals surface area contributed by atoms with Crippen LogP contribution in [0.15, 0.2) is 36.4 Å². The minimum absolute atomic E-state index is 0.222. The van der Waals surface area contributed by atoms with E-state index in [1.807, 2.05) is 0 Å². The summed E-state index contributed by atoms with van der Waals surface area (Å²) >= 11 is 0. The van der Waals surface area contributed by atoms with Gasteiger partial charge in [-0.2, -0.15) is 0 Å². The van der Waals surface area contributed by atoms with Gasteiger partial charge in [-0.15, -0.1) is 0 Å². The van der Waals surface area contributed by atoms with E-state index < -0.39 is 0 Å². The van der Waals surface area contributed by atoms with Crippen LogP contribution in [0.3, 0.4) is 0 Å². The lowest BCUT2D eigenvalue weighted by Gasteiger charge is -2.37. The van der Waals surface area contributed by atoms with Gasteiger partial charge in [0.25, 0.3) is 0 Å². The molecule has 2 aliphatic rings. The lowest BCUT2D eigenvalue weighted by molar-refractivity contribution is 0.0480. The maximum Gasteiger partial charge on any atom is 0.342 e. The van der Waals surface area contributed by atoms with Crippen molar-refractivity contribution in [2.75, 3.05) is 37.7 Å². The highest BCUT2D eigenvalue weighted by molar-refractivity contribution is 5.97. The number of esters is 1. The molecule has 0 atom stereocenters. The van der Waals surface area contributed by atoms with E-state index in [0.717, 1.165) is 56.2 Å². The summed E-state index contributed by atoms with van der Waals surface area (Å²) in [7, 11) is 0. The van der Waals surface area contributed by atoms with Gasteiger partial charge in [0.05, 0.1) is 6.61 Å². The van der Waals surface area contributed by atoms with Crippen molar-refractivity contribution in [3.05, 3.63) is 58.8 Å². The highest BCUT2D eigenvalue weighted by Crippen LogP contribution is 2.30. The molecule has 142 valence electrons. The van der Waals surface area contributed by atoms with Gasteiger partial charge in [-0.1, -0.05) is 44.2 Å². The molecule has 2 aromatic rings. The second-order valence-electron chi connectivity index (χ2n) is 7.69. The Hall–Kier alpha value is -2.40. The summed E-state index contributed by atoms with van der Waals surface area (Å²) in [4.78, 5) is 22.0. The van der Waals surface area contributed by atoms with E-state index in [9.17, 15) is 4.79 Å². The molecule has 0 amide bonds. The van der Waals surface area contributed by atoms with Crippen LogP contribution < -0.4 is 4.90 Å². The predicted molar refractivity (Wildman–Crippen MR) is 106 cm³/mol. The Morgan fingerprint density at radius 3 is 2.56 bits per heavy atom. The van der Waals surface area contributed by atoms with Crippen molar-refractivity contribution < 1.29 is 9.53 Å². The van der Waals surface area contributed by atoms with Crippen molar-refractivity contribution in [2.45, 2.75) is 32.7 Å². The highest BCUT2D eigenvalue weighted by atomic mass is 16.5. The van der Waals surface area contributed by atoms with Crippen LogP contribution in [0.4, 0.5) is 5.82 Å². The number of carbonyl (C=O) groups excluding carboxylic acids is 1. The lowest BCUT2D eigenvalue weighted by atomic mass is 9.98. The van der Waals surface area contributed by atoms with E-state index in [1.165, 1.54) is 5.56 Å². The van der Waals surface area contributed by atoms with Gasteiger partial charge in [0.2, 0.25) is 0 Å². The number of cyclic esters (lactones) is 1. The summed E-state index contributed by atoms with van der Waals surface area (Å²) in [5.41, 5.74) is 4.17. The average molecular weight is 365 g/mol. The first-order chi connectivity index (χ1) is 13.1. The molecule has 0 bridgehead atoms. The zero-order valence-electron chi connectivity index (χ0n) is 16.1. The lowest BCUT2D eigenvalue weighted by Crippen LogP contribution is -2.47. The number of benzene rings is 1. The van der Waals surface area contributed by atoms with Gasteiger partial charge in [0.15, 0.2) is 0 Å². The van der Waals surface area contributed by atoms with Gasteiger partial charge in [-0.25, -0.2) is 9.78 Å². The number of piperazine rings is 1. The summed E-state index contributed by atoms with van der Waals surface area (Å²) in [5, 5.41) is 0. The molecular formula is C22H27N3O2. The fourth-order valence-corrected chi connectivity index (χ4v) is 3.83. The number of hydrogen-bond donors (Lipinski definition) is 0. The second-order valence-corrected chi connectivity index (χ2v) is 7.69. The average Bonchev–Trinajstić information content (AvgIpc) is 2.69. The SMILES string of the molecule is CC(C)c1cc2c(c(N3CCN(Cc4ccccc4)CC3)n1)C(=O)OCC2. The molecule has 5 heteroatoms. The van der Waals surface area contributed by atoms with E-state index >= 15 is 0 Å². The van der Waals surface area contributed by atoms with Gasteiger partial charge < -0.3 is 9.64 Å². The highest BCUT2D eigenvalue weighted by Gasteiger charge is 2.29. The number of hydrogen-bond acceptors (Lipinski definition) is 5. The topological polar surface area (TPSA) is 45.7 Å². The van der Waals surface area contributed by atoms with Crippen molar-refractivity contribution in [1.29, 1.82) is 0 Å². The van der Waals surface area contributed by atoms with Crippen molar-refractivity contribution >= 4 is 11.8 Å². The molecule has 0 unspecified atom stereocenters. The van der Waals surface area contributed by atoms with E-state index in [2.05, 4.69) is 60.0 Å². The number of anilines is 1. The van der Waals surface area contributed by atoms with Crippen molar-refractivity contribution in [1.82, 2.24) is 9.88 Å². The van der Waals surface area contributed by atoms with Crippen LogP contribution in [0.25, 0.3) is 0 Å². The fraction of sp³-hybridized carbons (Fsp3) is 0.455. The molecule has 1 saturated heterocycles. The molecule has 0 aliphatic carbocycles. The van der Waals surface area contributed by atoms with Gasteiger partial charge >= 0.3 is 5.97 Å². The molecule has 0 spiro atoms. The maximum atomic E-state index is 12.4. The Kier molecular flexibility index (Phi) is 5.12. The number of nitrogens with zero attached hydrogens (tertiary/aromatic N) is 3. The molecule has 3 heterocycles. The fourth-order valence-electron chi connectivity index (χ4n) is 3.83. The molecule has 0 radical (unpaired) electrons. The zero-order valence-corrected chi connectivity index (χ0v) is 16.1. The molecule has 1 aromatic heterocycles. The first kappa shape index (κ1) is 18.0. The standard InChI is InChI=1S/C22H27N3O2/c1-16(2)19-14-18-8-13-27-22(26)20(18)21(23-19)25-11-9-24(10-12-25)15-17-6-4-3-5-7-17/h3-7,14,16H,8-13,15H2,1-2H3. The van der Waals surface area contributed by atoms with Crippen LogP contribution in [0.5, 0.6) is 0 Å². The van der Waals surface area contributed by atoms with E-state index in [0.29, 0.717) is 18.1 Å². The largest absolute Gasteiger partial charge is 0.462 e. The number of ether oxygens (including phenoxy) is 1. The van der Waals surface area contributed by atoms with Gasteiger partial charge in [0.1, 0.15) is 11.4 Å². The van der Waals surface area contributed by atoms with Crippen molar-refractivity contribution in [3.8, 4) is 0 Å². The Morgan fingerprint density at radius 2 is 1.85 bits per heavy atom. The Labute approximate surface area is 161 Å². The van der Waals surface area contributed by atoms with E-state index in [4.69, 9.17) is 9.72 Å². The molecule has 0 saturated carbocycles. The van der Waals surface area contributed by atoms with Gasteiger partial charge in [-0.3, -0.25) is 4.90 Å².